The Morgan fingerprint density at radius 3 is 2.17 bits per heavy atom. The second-order valence-electron chi connectivity index (χ2n) is 13.5. The van der Waals surface area contributed by atoms with E-state index >= 15 is 0 Å². The van der Waals surface area contributed by atoms with Gasteiger partial charge in [0.05, 0.1) is 0 Å². The van der Waals surface area contributed by atoms with Crippen LogP contribution in [0.2, 0.25) is 0 Å². The fourth-order valence-electron chi connectivity index (χ4n) is 5.45. The molecule has 0 saturated heterocycles. The van der Waals surface area contributed by atoms with Gasteiger partial charge in [-0.1, -0.05) is 62.4 Å². The molecule has 9 heteroatoms. The zero-order valence-corrected chi connectivity index (χ0v) is 28.5. The van der Waals surface area contributed by atoms with Gasteiger partial charge in [-0.25, -0.2) is 4.79 Å². The van der Waals surface area contributed by atoms with Crippen molar-refractivity contribution in [3.05, 3.63) is 77.4 Å². The van der Waals surface area contributed by atoms with Crippen molar-refractivity contribution in [3.63, 3.8) is 0 Å². The minimum atomic E-state index is -1.16. The summed E-state index contributed by atoms with van der Waals surface area (Å²) in [7, 11) is 0. The zero-order valence-electron chi connectivity index (χ0n) is 28.5. The van der Waals surface area contributed by atoms with E-state index in [-0.39, 0.29) is 18.7 Å². The Kier molecular flexibility index (Phi) is 12.3. The summed E-state index contributed by atoms with van der Waals surface area (Å²) in [6.07, 6.45) is 0.435. The summed E-state index contributed by atoms with van der Waals surface area (Å²) in [6, 6.07) is 16.6. The zero-order chi connectivity index (χ0) is 34.2. The number of ether oxygens (including phenoxy) is 1. The van der Waals surface area contributed by atoms with Gasteiger partial charge in [0.25, 0.3) is 5.91 Å². The highest BCUT2D eigenvalue weighted by atomic mass is 16.6. The van der Waals surface area contributed by atoms with Crippen molar-refractivity contribution >= 4 is 40.3 Å². The number of anilines is 1. The normalized spacial score (nSPS) is 13.5. The Morgan fingerprint density at radius 2 is 1.54 bits per heavy atom. The molecular formula is C37H50N4O5. The molecule has 0 aliphatic rings. The van der Waals surface area contributed by atoms with Crippen LogP contribution in [0.25, 0.3) is 10.8 Å². The van der Waals surface area contributed by atoms with Crippen molar-refractivity contribution in [1.82, 2.24) is 10.2 Å². The van der Waals surface area contributed by atoms with Crippen molar-refractivity contribution in [3.8, 4) is 0 Å². The molecule has 0 heterocycles. The lowest BCUT2D eigenvalue weighted by atomic mass is 9.92. The summed E-state index contributed by atoms with van der Waals surface area (Å²) < 4.78 is 5.47. The van der Waals surface area contributed by atoms with E-state index in [0.717, 1.165) is 28.3 Å². The minimum absolute atomic E-state index is 0.0490. The third-order valence-electron chi connectivity index (χ3n) is 8.04. The van der Waals surface area contributed by atoms with Gasteiger partial charge in [-0.05, 0) is 106 Å². The van der Waals surface area contributed by atoms with Gasteiger partial charge < -0.3 is 26.0 Å². The predicted molar refractivity (Wildman–Crippen MR) is 183 cm³/mol. The molecule has 4 amide bonds. The highest BCUT2D eigenvalue weighted by Gasteiger charge is 2.39. The highest BCUT2D eigenvalue weighted by Crippen LogP contribution is 2.32. The summed E-state index contributed by atoms with van der Waals surface area (Å²) in [5.74, 6) is -1.14. The van der Waals surface area contributed by atoms with E-state index in [4.69, 9.17) is 10.5 Å². The number of alkyl carbamates (subject to hydrolysis) is 1. The molecule has 46 heavy (non-hydrogen) atoms. The van der Waals surface area contributed by atoms with Crippen molar-refractivity contribution in [2.24, 2.45) is 11.7 Å². The largest absolute Gasteiger partial charge is 0.444 e. The number of carbonyl (C=O) groups excluding carboxylic acids is 4. The molecule has 0 aliphatic carbocycles. The number of hydrogen-bond acceptors (Lipinski definition) is 5. The van der Waals surface area contributed by atoms with Gasteiger partial charge in [-0.3, -0.25) is 14.4 Å². The van der Waals surface area contributed by atoms with E-state index in [0.29, 0.717) is 23.6 Å². The average molecular weight is 631 g/mol. The van der Waals surface area contributed by atoms with Crippen LogP contribution in [0.4, 0.5) is 10.5 Å². The summed E-state index contributed by atoms with van der Waals surface area (Å²) >= 11 is 0. The molecule has 3 atom stereocenters. The molecule has 0 bridgehead atoms. The number of nitrogens with zero attached hydrogens (tertiary/aromatic N) is 1. The quantitative estimate of drug-likeness (QED) is 0.188. The smallest absolute Gasteiger partial charge is 0.408 e. The lowest BCUT2D eigenvalue weighted by Gasteiger charge is -2.39. The number of carbonyl (C=O) groups is 4. The van der Waals surface area contributed by atoms with Gasteiger partial charge in [0.15, 0.2) is 0 Å². The fraction of sp³-hybridized carbons (Fsp3) is 0.459. The van der Waals surface area contributed by atoms with Crippen LogP contribution in [-0.2, 0) is 19.1 Å². The first-order valence-corrected chi connectivity index (χ1v) is 16.0. The molecule has 3 aromatic carbocycles. The van der Waals surface area contributed by atoms with Gasteiger partial charge >= 0.3 is 6.09 Å². The van der Waals surface area contributed by atoms with Gasteiger partial charge in [-0.15, -0.1) is 0 Å². The van der Waals surface area contributed by atoms with Crippen molar-refractivity contribution in [1.29, 1.82) is 0 Å². The van der Waals surface area contributed by atoms with Crippen molar-refractivity contribution in [2.75, 3.05) is 5.32 Å². The van der Waals surface area contributed by atoms with E-state index in [1.54, 1.807) is 25.7 Å². The Bertz CT molecular complexity index is 1540. The fourth-order valence-corrected chi connectivity index (χ4v) is 5.45. The maximum atomic E-state index is 14.7. The maximum Gasteiger partial charge on any atom is 0.408 e. The number of benzene rings is 3. The predicted octanol–water partition coefficient (Wildman–Crippen LogP) is 6.95. The van der Waals surface area contributed by atoms with Gasteiger partial charge in [-0.2, -0.15) is 0 Å². The Balaban J connectivity index is 2.15. The minimum Gasteiger partial charge on any atom is -0.444 e. The number of fused-ring (bicyclic) bond motifs is 1. The molecule has 3 unspecified atom stereocenters. The molecule has 9 nitrogen and oxygen atoms in total. The summed E-state index contributed by atoms with van der Waals surface area (Å²) in [5.41, 5.74) is 7.79. The van der Waals surface area contributed by atoms with E-state index < -0.39 is 41.6 Å². The monoisotopic (exact) mass is 630 g/mol. The van der Waals surface area contributed by atoms with Crippen LogP contribution in [0.1, 0.15) is 90.0 Å². The number of rotatable bonds is 13. The molecule has 3 rings (SSSR count). The van der Waals surface area contributed by atoms with E-state index in [9.17, 15) is 19.2 Å². The van der Waals surface area contributed by atoms with E-state index in [1.165, 1.54) is 0 Å². The van der Waals surface area contributed by atoms with Crippen LogP contribution in [0.3, 0.4) is 0 Å². The summed E-state index contributed by atoms with van der Waals surface area (Å²) in [4.78, 5) is 55.6. The molecule has 0 saturated carbocycles. The molecule has 4 N–H and O–H groups in total. The number of nitrogens with two attached hydrogens (primary N) is 1. The van der Waals surface area contributed by atoms with Crippen molar-refractivity contribution < 1.29 is 23.9 Å². The lowest BCUT2D eigenvalue weighted by Crippen LogP contribution is -2.55. The average Bonchev–Trinajstić information content (AvgIpc) is 2.97. The summed E-state index contributed by atoms with van der Waals surface area (Å²) in [6.45, 7) is 15.2. The molecule has 3 aromatic rings. The first-order valence-electron chi connectivity index (χ1n) is 16.0. The van der Waals surface area contributed by atoms with E-state index in [2.05, 4.69) is 24.5 Å². The Morgan fingerprint density at radius 1 is 0.870 bits per heavy atom. The van der Waals surface area contributed by atoms with Crippen molar-refractivity contribution in [2.45, 2.75) is 105 Å². The molecular weight excluding hydrogens is 580 g/mol. The van der Waals surface area contributed by atoms with Gasteiger partial charge in [0.1, 0.15) is 17.7 Å². The first kappa shape index (κ1) is 36.1. The number of amides is 4. The first-order chi connectivity index (χ1) is 21.6. The molecule has 248 valence electrons. The van der Waals surface area contributed by atoms with Crippen LogP contribution in [0.5, 0.6) is 0 Å². The number of primary amides is 1. The topological polar surface area (TPSA) is 131 Å². The Hall–Kier alpha value is -4.40. The van der Waals surface area contributed by atoms with Crippen LogP contribution in [0.15, 0.2) is 60.7 Å². The number of nitrogens with one attached hydrogen (secondary N) is 2. The van der Waals surface area contributed by atoms with Crippen LogP contribution < -0.4 is 16.4 Å². The maximum absolute atomic E-state index is 14.7. The molecule has 0 fully saturated rings. The number of hydrogen-bond donors (Lipinski definition) is 3. The SMILES string of the molecule is Cc1cccc(C(C(=O)Nc2ccc3ccccc3c2)N(C(=O)C(CCC(N)=O)NC(=O)OC(C)(C)C)C(C)CCC(C)C)c1C. The third kappa shape index (κ3) is 10.1. The van der Waals surface area contributed by atoms with Crippen LogP contribution >= 0.6 is 0 Å². The van der Waals surface area contributed by atoms with Gasteiger partial charge in [0, 0.05) is 18.2 Å². The third-order valence-corrected chi connectivity index (χ3v) is 8.04. The number of aryl methyl sites for hydroxylation is 1. The molecule has 0 aliphatic heterocycles. The summed E-state index contributed by atoms with van der Waals surface area (Å²) in [5, 5.41) is 7.76. The molecule has 0 spiro atoms. The molecule has 0 radical (unpaired) electrons. The van der Waals surface area contributed by atoms with Gasteiger partial charge in [0.2, 0.25) is 11.8 Å². The molecule has 0 aromatic heterocycles. The standard InChI is InChI=1S/C37H50N4O5/c1-23(2)16-17-25(4)41(35(44)31(20-21-32(38)42)40-36(45)46-37(6,7)8)33(30-15-11-12-24(3)26(30)5)34(43)39-29-19-18-27-13-9-10-14-28(27)22-29/h9-15,18-19,22-23,25,31,33H,16-17,20-21H2,1-8H3,(H2,38,42)(H,39,43)(H,40,45). The van der Waals surface area contributed by atoms with E-state index in [1.807, 2.05) is 81.4 Å². The van der Waals surface area contributed by atoms with Crippen LogP contribution in [-0.4, -0.2) is 46.4 Å². The Labute approximate surface area is 273 Å². The lowest BCUT2D eigenvalue weighted by molar-refractivity contribution is -0.143. The second-order valence-corrected chi connectivity index (χ2v) is 13.5. The second kappa shape index (κ2) is 15.7. The highest BCUT2D eigenvalue weighted by molar-refractivity contribution is 6.00. The van der Waals surface area contributed by atoms with Crippen LogP contribution in [0, 0.1) is 19.8 Å².